The minimum atomic E-state index is -0.633. The van der Waals surface area contributed by atoms with Gasteiger partial charge in [-0.25, -0.2) is 0 Å². The highest BCUT2D eigenvalue weighted by molar-refractivity contribution is 6.33. The van der Waals surface area contributed by atoms with Gasteiger partial charge in [-0.15, -0.1) is 0 Å². The minimum absolute atomic E-state index is 0.169. The van der Waals surface area contributed by atoms with Gasteiger partial charge in [0, 0.05) is 24.1 Å². The molecule has 1 saturated carbocycles. The number of amides is 3. The third kappa shape index (κ3) is 3.07. The summed E-state index contributed by atoms with van der Waals surface area (Å²) in [5.41, 5.74) is 1.21. The molecule has 7 heteroatoms. The van der Waals surface area contributed by atoms with Gasteiger partial charge in [0.15, 0.2) is 0 Å². The van der Waals surface area contributed by atoms with Crippen LogP contribution in [0.5, 0.6) is 5.75 Å². The molecule has 1 atom stereocenters. The van der Waals surface area contributed by atoms with Crippen LogP contribution in [-0.4, -0.2) is 34.8 Å². The number of piperidine rings is 1. The quantitative estimate of drug-likeness (QED) is 0.823. The molecule has 3 amide bonds. The Labute approximate surface area is 156 Å². The summed E-state index contributed by atoms with van der Waals surface area (Å²) >= 11 is 6.54. The SMILES string of the molecule is O=C1CCC(N2Cc3c(ccc(OC4CCCCC4)c3Cl)C2=O)C(=O)N1. The van der Waals surface area contributed by atoms with Crippen LogP contribution < -0.4 is 10.1 Å². The molecule has 0 aromatic heterocycles. The van der Waals surface area contributed by atoms with E-state index in [1.807, 2.05) is 0 Å². The van der Waals surface area contributed by atoms with Crippen molar-refractivity contribution in [1.29, 1.82) is 0 Å². The Morgan fingerprint density at radius 3 is 2.58 bits per heavy atom. The first-order valence-electron chi connectivity index (χ1n) is 9.17. The minimum Gasteiger partial charge on any atom is -0.489 e. The van der Waals surface area contributed by atoms with Crippen molar-refractivity contribution in [2.75, 3.05) is 0 Å². The first kappa shape index (κ1) is 17.3. The van der Waals surface area contributed by atoms with Gasteiger partial charge in [-0.3, -0.25) is 19.7 Å². The van der Waals surface area contributed by atoms with Crippen LogP contribution in [0.3, 0.4) is 0 Å². The lowest BCUT2D eigenvalue weighted by molar-refractivity contribution is -0.136. The van der Waals surface area contributed by atoms with E-state index in [0.717, 1.165) is 25.7 Å². The summed E-state index contributed by atoms with van der Waals surface area (Å²) in [6.45, 7) is 0.265. The smallest absolute Gasteiger partial charge is 0.255 e. The predicted molar refractivity (Wildman–Crippen MR) is 95.0 cm³/mol. The van der Waals surface area contributed by atoms with Gasteiger partial charge in [0.25, 0.3) is 5.91 Å². The Balaban J connectivity index is 1.55. The molecule has 0 radical (unpaired) electrons. The van der Waals surface area contributed by atoms with Crippen LogP contribution in [0, 0.1) is 0 Å². The highest BCUT2D eigenvalue weighted by Crippen LogP contribution is 2.38. The van der Waals surface area contributed by atoms with Crippen LogP contribution in [0.4, 0.5) is 0 Å². The molecule has 26 heavy (non-hydrogen) atoms. The summed E-state index contributed by atoms with van der Waals surface area (Å²) in [7, 11) is 0. The molecule has 1 N–H and O–H groups in total. The number of imide groups is 1. The third-order valence-corrected chi connectivity index (χ3v) is 5.87. The zero-order valence-electron chi connectivity index (χ0n) is 14.4. The van der Waals surface area contributed by atoms with E-state index in [0.29, 0.717) is 28.3 Å². The maximum Gasteiger partial charge on any atom is 0.255 e. The van der Waals surface area contributed by atoms with Crippen LogP contribution >= 0.6 is 11.6 Å². The molecule has 4 rings (SSSR count). The maximum atomic E-state index is 12.7. The number of fused-ring (bicyclic) bond motifs is 1. The zero-order valence-corrected chi connectivity index (χ0v) is 15.2. The fourth-order valence-corrected chi connectivity index (χ4v) is 4.31. The summed E-state index contributed by atoms with van der Waals surface area (Å²) in [6, 6.07) is 2.85. The molecule has 1 saturated heterocycles. The van der Waals surface area contributed by atoms with E-state index in [1.165, 1.54) is 11.3 Å². The lowest BCUT2D eigenvalue weighted by Crippen LogP contribution is -2.52. The Morgan fingerprint density at radius 2 is 1.85 bits per heavy atom. The van der Waals surface area contributed by atoms with Gasteiger partial charge < -0.3 is 9.64 Å². The number of nitrogens with one attached hydrogen (secondary N) is 1. The molecule has 2 aliphatic heterocycles. The largest absolute Gasteiger partial charge is 0.489 e. The summed E-state index contributed by atoms with van der Waals surface area (Å²) in [6.07, 6.45) is 6.36. The Hall–Kier alpha value is -2.08. The molecule has 1 aliphatic carbocycles. The lowest BCUT2D eigenvalue weighted by Gasteiger charge is -2.29. The van der Waals surface area contributed by atoms with Gasteiger partial charge in [-0.05, 0) is 44.2 Å². The molecule has 6 nitrogen and oxygen atoms in total. The van der Waals surface area contributed by atoms with Crippen molar-refractivity contribution in [3.8, 4) is 5.75 Å². The normalized spacial score (nSPS) is 23.8. The molecule has 1 unspecified atom stereocenters. The van der Waals surface area contributed by atoms with Gasteiger partial charge >= 0.3 is 0 Å². The number of nitrogens with zero attached hydrogens (tertiary/aromatic N) is 1. The first-order chi connectivity index (χ1) is 12.5. The molecular formula is C19H21ClN2O4. The van der Waals surface area contributed by atoms with Crippen molar-refractivity contribution in [3.63, 3.8) is 0 Å². The predicted octanol–water partition coefficient (Wildman–Crippen LogP) is 2.81. The van der Waals surface area contributed by atoms with Crippen LogP contribution in [0.1, 0.15) is 60.9 Å². The van der Waals surface area contributed by atoms with Crippen LogP contribution in [0.2, 0.25) is 5.02 Å². The number of rotatable bonds is 3. The Kier molecular flexibility index (Phi) is 4.61. The molecule has 3 aliphatic rings. The number of ether oxygens (including phenoxy) is 1. The van der Waals surface area contributed by atoms with E-state index < -0.39 is 11.9 Å². The number of carbonyl (C=O) groups excluding carboxylic acids is 3. The fraction of sp³-hybridized carbons (Fsp3) is 0.526. The highest BCUT2D eigenvalue weighted by atomic mass is 35.5. The van der Waals surface area contributed by atoms with Crippen molar-refractivity contribution in [3.05, 3.63) is 28.3 Å². The van der Waals surface area contributed by atoms with E-state index >= 15 is 0 Å². The van der Waals surface area contributed by atoms with E-state index in [-0.39, 0.29) is 30.9 Å². The number of benzene rings is 1. The second kappa shape index (κ2) is 6.91. The van der Waals surface area contributed by atoms with Crippen molar-refractivity contribution in [1.82, 2.24) is 10.2 Å². The zero-order chi connectivity index (χ0) is 18.3. The number of halogens is 1. The Morgan fingerprint density at radius 1 is 1.08 bits per heavy atom. The average Bonchev–Trinajstić information content (AvgIpc) is 2.96. The van der Waals surface area contributed by atoms with E-state index in [9.17, 15) is 14.4 Å². The van der Waals surface area contributed by atoms with Crippen LogP contribution in [0.15, 0.2) is 12.1 Å². The van der Waals surface area contributed by atoms with Crippen molar-refractivity contribution < 1.29 is 19.1 Å². The summed E-state index contributed by atoms with van der Waals surface area (Å²) < 4.78 is 6.08. The van der Waals surface area contributed by atoms with Gasteiger partial charge in [-0.2, -0.15) is 0 Å². The molecule has 1 aromatic rings. The van der Waals surface area contributed by atoms with Gasteiger partial charge in [-0.1, -0.05) is 18.0 Å². The van der Waals surface area contributed by atoms with Gasteiger partial charge in [0.05, 0.1) is 11.1 Å². The topological polar surface area (TPSA) is 75.7 Å². The maximum absolute atomic E-state index is 12.7. The van der Waals surface area contributed by atoms with Crippen LogP contribution in [0.25, 0.3) is 0 Å². The van der Waals surface area contributed by atoms with Crippen LogP contribution in [-0.2, 0) is 16.1 Å². The highest BCUT2D eigenvalue weighted by Gasteiger charge is 2.40. The van der Waals surface area contributed by atoms with E-state index in [1.54, 1.807) is 12.1 Å². The number of carbonyl (C=O) groups is 3. The summed E-state index contributed by atoms with van der Waals surface area (Å²) in [4.78, 5) is 37.7. The molecular weight excluding hydrogens is 356 g/mol. The second-order valence-corrected chi connectivity index (χ2v) is 7.56. The summed E-state index contributed by atoms with van der Waals surface area (Å²) in [5.74, 6) is -0.329. The Bertz CT molecular complexity index is 773. The second-order valence-electron chi connectivity index (χ2n) is 7.18. The van der Waals surface area contributed by atoms with E-state index in [2.05, 4.69) is 5.32 Å². The van der Waals surface area contributed by atoms with Crippen molar-refractivity contribution >= 4 is 29.3 Å². The first-order valence-corrected chi connectivity index (χ1v) is 9.55. The monoisotopic (exact) mass is 376 g/mol. The molecule has 0 bridgehead atoms. The molecule has 0 spiro atoms. The molecule has 1 aromatic carbocycles. The fourth-order valence-electron chi connectivity index (χ4n) is 4.04. The standard InChI is InChI=1S/C19H21ClN2O4/c20-17-13-10-22(14-7-9-16(23)21-18(14)24)19(25)12(13)6-8-15(17)26-11-4-2-1-3-5-11/h6,8,11,14H,1-5,7,9-10H2,(H,21,23,24). The van der Waals surface area contributed by atoms with Gasteiger partial charge in [0.2, 0.25) is 11.8 Å². The number of hydrogen-bond donors (Lipinski definition) is 1. The third-order valence-electron chi connectivity index (χ3n) is 5.46. The molecule has 2 fully saturated rings. The number of hydrogen-bond acceptors (Lipinski definition) is 4. The molecule has 2 heterocycles. The molecule has 138 valence electrons. The van der Waals surface area contributed by atoms with Crippen molar-refractivity contribution in [2.45, 2.75) is 63.6 Å². The van der Waals surface area contributed by atoms with Crippen molar-refractivity contribution in [2.24, 2.45) is 0 Å². The lowest BCUT2D eigenvalue weighted by atomic mass is 9.98. The average molecular weight is 377 g/mol. The van der Waals surface area contributed by atoms with E-state index in [4.69, 9.17) is 16.3 Å². The summed E-state index contributed by atoms with van der Waals surface area (Å²) in [5, 5.41) is 2.76. The van der Waals surface area contributed by atoms with Gasteiger partial charge in [0.1, 0.15) is 11.8 Å².